The van der Waals surface area contributed by atoms with Crippen molar-refractivity contribution in [3.63, 3.8) is 0 Å². The second-order valence-corrected chi connectivity index (χ2v) is 9.97. The van der Waals surface area contributed by atoms with Crippen LogP contribution in [0.15, 0.2) is 68.8 Å². The highest BCUT2D eigenvalue weighted by Gasteiger charge is 2.19. The highest BCUT2D eigenvalue weighted by atomic mass is 16.4. The fourth-order valence-corrected chi connectivity index (χ4v) is 5.24. The van der Waals surface area contributed by atoms with Gasteiger partial charge in [-0.05, 0) is 68.3 Å². The van der Waals surface area contributed by atoms with Gasteiger partial charge < -0.3 is 14.6 Å². The van der Waals surface area contributed by atoms with Crippen molar-refractivity contribution in [2.24, 2.45) is 0 Å². The Bertz CT molecular complexity index is 1840. The molecule has 10 nitrogen and oxygen atoms in total. The second kappa shape index (κ2) is 10.0. The van der Waals surface area contributed by atoms with Crippen molar-refractivity contribution in [3.8, 4) is 5.69 Å². The van der Waals surface area contributed by atoms with Crippen molar-refractivity contribution in [1.29, 1.82) is 0 Å². The van der Waals surface area contributed by atoms with E-state index in [0.29, 0.717) is 46.9 Å². The van der Waals surface area contributed by atoms with Crippen LogP contribution in [0.1, 0.15) is 31.4 Å². The van der Waals surface area contributed by atoms with E-state index < -0.39 is 5.76 Å². The number of oxazole rings is 1. The van der Waals surface area contributed by atoms with E-state index in [1.165, 1.54) is 11.1 Å². The molecule has 0 spiro atoms. The van der Waals surface area contributed by atoms with Gasteiger partial charge in [0.2, 0.25) is 5.95 Å². The van der Waals surface area contributed by atoms with Gasteiger partial charge in [-0.25, -0.2) is 19.1 Å². The van der Waals surface area contributed by atoms with E-state index in [0.717, 1.165) is 31.6 Å². The molecule has 0 unspecified atom stereocenters. The Morgan fingerprint density at radius 2 is 2.00 bits per heavy atom. The largest absolute Gasteiger partial charge is 0.419 e. The molecule has 0 aliphatic carbocycles. The first-order chi connectivity index (χ1) is 19.0. The highest BCUT2D eigenvalue weighted by molar-refractivity contribution is 5.80. The molecular weight excluding hydrogens is 494 g/mol. The summed E-state index contributed by atoms with van der Waals surface area (Å²) in [6.07, 6.45) is 7.22. The first-order valence-electron chi connectivity index (χ1n) is 13.3. The quantitative estimate of drug-likeness (QED) is 0.318. The fourth-order valence-electron chi connectivity index (χ4n) is 5.24. The van der Waals surface area contributed by atoms with Gasteiger partial charge in [-0.15, -0.1) is 0 Å². The fraction of sp³-hybridized carbons (Fsp3) is 0.310. The molecule has 6 rings (SSSR count). The van der Waals surface area contributed by atoms with Crippen LogP contribution in [-0.2, 0) is 26.1 Å². The Morgan fingerprint density at radius 1 is 1.13 bits per heavy atom. The predicted molar refractivity (Wildman–Crippen MR) is 152 cm³/mol. The van der Waals surface area contributed by atoms with Crippen LogP contribution in [0.5, 0.6) is 0 Å². The van der Waals surface area contributed by atoms with Gasteiger partial charge in [0.15, 0.2) is 11.2 Å². The third-order valence-electron chi connectivity index (χ3n) is 7.20. The van der Waals surface area contributed by atoms with E-state index in [-0.39, 0.29) is 5.56 Å². The molecule has 1 N–H and O–H groups in total. The molecule has 0 fully saturated rings. The summed E-state index contributed by atoms with van der Waals surface area (Å²) in [7, 11) is 2.13. The summed E-state index contributed by atoms with van der Waals surface area (Å²) >= 11 is 0. The molecule has 0 saturated carbocycles. The first-order valence-corrected chi connectivity index (χ1v) is 13.3. The molecule has 3 aromatic heterocycles. The van der Waals surface area contributed by atoms with Crippen LogP contribution in [0.2, 0.25) is 0 Å². The lowest BCUT2D eigenvalue weighted by Crippen LogP contribution is -2.26. The average molecular weight is 526 g/mol. The van der Waals surface area contributed by atoms with Crippen LogP contribution in [0.4, 0.5) is 11.6 Å². The lowest BCUT2D eigenvalue weighted by Gasteiger charge is -2.25. The maximum absolute atomic E-state index is 13.5. The standard InChI is InChI=1S/C29H31N7O3/c1-4-6-13-35-27(37)23-17-30-28(31-21-8-7-19-11-14-33(3)18-20(19)15-21)32-26(23)36(35)22-9-10-25-24(16-22)34(12-5-2)29(38)39-25/h4,6-10,15-17H,5,11-14,18H2,1-3H3,(H,30,31,32)/b6-4-. The zero-order valence-electron chi connectivity index (χ0n) is 22.3. The average Bonchev–Trinajstić information content (AvgIpc) is 3.39. The zero-order valence-corrected chi connectivity index (χ0v) is 22.3. The Balaban J connectivity index is 1.48. The van der Waals surface area contributed by atoms with Crippen LogP contribution in [-0.4, -0.2) is 42.4 Å². The minimum Gasteiger partial charge on any atom is -0.408 e. The van der Waals surface area contributed by atoms with Crippen LogP contribution in [0, 0.1) is 0 Å². The number of rotatable bonds is 7. The molecule has 0 amide bonds. The molecule has 5 aromatic rings. The zero-order chi connectivity index (χ0) is 27.1. The number of fused-ring (bicyclic) bond motifs is 3. The van der Waals surface area contributed by atoms with Crippen LogP contribution >= 0.6 is 0 Å². The summed E-state index contributed by atoms with van der Waals surface area (Å²) in [5.74, 6) is 0.00792. The minimum absolute atomic E-state index is 0.190. The molecule has 2 aromatic carbocycles. The van der Waals surface area contributed by atoms with Gasteiger partial charge in [-0.1, -0.05) is 25.1 Å². The number of anilines is 2. The summed E-state index contributed by atoms with van der Waals surface area (Å²) in [6, 6.07) is 11.8. The summed E-state index contributed by atoms with van der Waals surface area (Å²) in [6.45, 7) is 6.78. The predicted octanol–water partition coefficient (Wildman–Crippen LogP) is 4.21. The van der Waals surface area contributed by atoms with Gasteiger partial charge in [0, 0.05) is 31.5 Å². The van der Waals surface area contributed by atoms with E-state index in [1.54, 1.807) is 26.2 Å². The van der Waals surface area contributed by atoms with Crippen molar-refractivity contribution >= 4 is 33.8 Å². The number of hydrogen-bond acceptors (Lipinski definition) is 7. The number of nitrogens with zero attached hydrogens (tertiary/aromatic N) is 6. The number of nitrogens with one attached hydrogen (secondary N) is 1. The van der Waals surface area contributed by atoms with E-state index in [2.05, 4.69) is 34.4 Å². The number of aromatic nitrogens is 5. The van der Waals surface area contributed by atoms with E-state index in [1.807, 2.05) is 44.2 Å². The second-order valence-electron chi connectivity index (χ2n) is 9.97. The molecular formula is C29H31N7O3. The van der Waals surface area contributed by atoms with E-state index in [4.69, 9.17) is 9.40 Å². The number of likely N-dealkylation sites (N-methyl/N-ethyl adjacent to an activating group) is 1. The molecule has 39 heavy (non-hydrogen) atoms. The molecule has 200 valence electrons. The Labute approximate surface area is 224 Å². The maximum atomic E-state index is 13.5. The molecule has 0 radical (unpaired) electrons. The highest BCUT2D eigenvalue weighted by Crippen LogP contribution is 2.25. The van der Waals surface area contributed by atoms with Gasteiger partial charge in [-0.3, -0.25) is 9.36 Å². The number of aryl methyl sites for hydroxylation is 1. The SMILES string of the molecule is C/C=C\Cn1c(=O)c2cnc(Nc3ccc4c(c3)CN(C)CC4)nc2n1-c1ccc2oc(=O)n(CCC)c2c1. The molecule has 0 atom stereocenters. The maximum Gasteiger partial charge on any atom is 0.419 e. The number of hydrogen-bond donors (Lipinski definition) is 1. The van der Waals surface area contributed by atoms with Gasteiger partial charge in [0.1, 0.15) is 5.39 Å². The lowest BCUT2D eigenvalue weighted by atomic mass is 9.99. The Morgan fingerprint density at radius 3 is 2.82 bits per heavy atom. The van der Waals surface area contributed by atoms with E-state index >= 15 is 0 Å². The number of allylic oxidation sites excluding steroid dienone is 2. The van der Waals surface area contributed by atoms with Crippen molar-refractivity contribution in [3.05, 3.63) is 86.8 Å². The smallest absolute Gasteiger partial charge is 0.408 e. The summed E-state index contributed by atoms with van der Waals surface area (Å²) in [5.41, 5.74) is 5.72. The summed E-state index contributed by atoms with van der Waals surface area (Å²) in [4.78, 5) is 37.5. The third kappa shape index (κ3) is 4.46. The lowest BCUT2D eigenvalue weighted by molar-refractivity contribution is 0.313. The molecule has 0 bridgehead atoms. The molecule has 4 heterocycles. The summed E-state index contributed by atoms with van der Waals surface area (Å²) in [5, 5.41) is 3.74. The van der Waals surface area contributed by atoms with Crippen molar-refractivity contribution in [2.45, 2.75) is 46.3 Å². The van der Waals surface area contributed by atoms with Gasteiger partial charge in [-0.2, -0.15) is 4.98 Å². The van der Waals surface area contributed by atoms with Gasteiger partial charge in [0.25, 0.3) is 5.56 Å². The monoisotopic (exact) mass is 525 g/mol. The molecule has 1 aliphatic rings. The Kier molecular flexibility index (Phi) is 6.40. The van der Waals surface area contributed by atoms with Crippen LogP contribution < -0.4 is 16.6 Å². The van der Waals surface area contributed by atoms with Crippen molar-refractivity contribution in [2.75, 3.05) is 18.9 Å². The van der Waals surface area contributed by atoms with Crippen molar-refractivity contribution < 1.29 is 4.42 Å². The summed E-state index contributed by atoms with van der Waals surface area (Å²) < 4.78 is 10.5. The van der Waals surface area contributed by atoms with E-state index in [9.17, 15) is 9.59 Å². The third-order valence-corrected chi connectivity index (χ3v) is 7.20. The Hall–Kier alpha value is -4.44. The molecule has 10 heteroatoms. The van der Waals surface area contributed by atoms with Gasteiger partial charge >= 0.3 is 5.76 Å². The van der Waals surface area contributed by atoms with Crippen LogP contribution in [0.25, 0.3) is 27.8 Å². The number of benzene rings is 2. The molecule has 0 saturated heterocycles. The minimum atomic E-state index is -0.391. The van der Waals surface area contributed by atoms with Crippen molar-refractivity contribution in [1.82, 2.24) is 28.8 Å². The van der Waals surface area contributed by atoms with Gasteiger partial charge in [0.05, 0.1) is 17.7 Å². The molecule has 1 aliphatic heterocycles. The normalized spacial score (nSPS) is 14.0. The first kappa shape index (κ1) is 24.9. The van der Waals surface area contributed by atoms with Crippen LogP contribution in [0.3, 0.4) is 0 Å². The topological polar surface area (TPSA) is 103 Å².